The van der Waals surface area contributed by atoms with Crippen LogP contribution in [0.5, 0.6) is 0 Å². The van der Waals surface area contributed by atoms with Crippen molar-refractivity contribution in [2.24, 2.45) is 0 Å². The summed E-state index contributed by atoms with van der Waals surface area (Å²) in [6.07, 6.45) is 28.7. The van der Waals surface area contributed by atoms with Crippen molar-refractivity contribution in [3.8, 4) is 0 Å². The molecule has 5 rings (SSSR count). The molecule has 1 heterocycles. The summed E-state index contributed by atoms with van der Waals surface area (Å²) in [5.41, 5.74) is 3.34. The van der Waals surface area contributed by atoms with E-state index < -0.39 is 28.9 Å². The predicted molar refractivity (Wildman–Crippen MR) is 105 cm³/mol. The molecule has 1 aliphatic heterocycles. The van der Waals surface area contributed by atoms with Gasteiger partial charge in [0.15, 0.2) is 0 Å². The van der Waals surface area contributed by atoms with Crippen molar-refractivity contribution in [3.05, 3.63) is 109 Å². The molecule has 0 bridgehead atoms. The first-order valence-corrected chi connectivity index (χ1v) is 17.3. The molecule has 4 aliphatic carbocycles. The molecule has 2 saturated carbocycles. The summed E-state index contributed by atoms with van der Waals surface area (Å²) in [5.74, 6) is 5.82. The van der Waals surface area contributed by atoms with Crippen LogP contribution in [0.15, 0.2) is 48.6 Å². The van der Waals surface area contributed by atoms with Crippen LogP contribution in [0.3, 0.4) is 0 Å². The van der Waals surface area contributed by atoms with Crippen molar-refractivity contribution in [1.82, 2.24) is 0 Å². The molecule has 122 valence electrons. The van der Waals surface area contributed by atoms with Gasteiger partial charge in [-0.1, -0.05) is 67.1 Å². The molecule has 0 aromatic heterocycles. The number of fused-ring (bicyclic) bond motifs is 2. The average molecular weight is 461 g/mol. The maximum absolute atomic E-state index is 4.93. The molecule has 0 atom stereocenters. The molecule has 4 heteroatoms. The van der Waals surface area contributed by atoms with Gasteiger partial charge in [0.05, 0.1) is 8.07 Å². The normalized spacial score (nSPS) is 29.0. The van der Waals surface area contributed by atoms with Crippen molar-refractivity contribution in [2.75, 3.05) is 0 Å². The van der Waals surface area contributed by atoms with E-state index in [1.165, 1.54) is 42.2 Å². The van der Waals surface area contributed by atoms with E-state index in [-0.39, 0.29) is 0 Å². The molecule has 3 fully saturated rings. The van der Waals surface area contributed by atoms with Gasteiger partial charge in [0, 0.05) is 23.7 Å². The van der Waals surface area contributed by atoms with Gasteiger partial charge in [-0.3, -0.25) is 0 Å². The third-order valence-corrected chi connectivity index (χ3v) is 10.9. The molecule has 5 aliphatic rings. The second-order valence-electron chi connectivity index (χ2n) is 6.68. The Hall–Kier alpha value is 0.640. The topological polar surface area (TPSA) is 0 Å². The number of allylic oxidation sites excluding steroid dienone is 8. The molecular formula is C21H18Cl2SiZr+2. The second kappa shape index (κ2) is 8.34. The van der Waals surface area contributed by atoms with Crippen molar-refractivity contribution in [1.29, 1.82) is 0 Å². The van der Waals surface area contributed by atoms with Gasteiger partial charge in [-0.25, -0.2) is 0 Å². The molecule has 0 aromatic rings. The van der Waals surface area contributed by atoms with Gasteiger partial charge in [0.2, 0.25) is 0 Å². The summed E-state index contributed by atoms with van der Waals surface area (Å²) in [4.78, 5) is 0. The Kier molecular flexibility index (Phi) is 6.33. The summed E-state index contributed by atoms with van der Waals surface area (Å²) in [6, 6.07) is 2.82. The van der Waals surface area contributed by atoms with Gasteiger partial charge in [0.1, 0.15) is 0 Å². The Morgan fingerprint density at radius 3 is 1.52 bits per heavy atom. The van der Waals surface area contributed by atoms with Gasteiger partial charge in [-0.2, -0.15) is 0 Å². The zero-order valence-electron chi connectivity index (χ0n) is 13.8. The summed E-state index contributed by atoms with van der Waals surface area (Å²) in [7, 11) is 8.35. The molecule has 0 N–H and O–H groups in total. The number of halogens is 2. The minimum atomic E-state index is -1.52. The second-order valence-corrected chi connectivity index (χ2v) is 14.6. The van der Waals surface area contributed by atoms with Crippen LogP contribution in [0.2, 0.25) is 12.1 Å². The van der Waals surface area contributed by atoms with E-state index in [9.17, 15) is 0 Å². The van der Waals surface area contributed by atoms with Crippen LogP contribution in [0.1, 0.15) is 6.42 Å². The van der Waals surface area contributed by atoms with Gasteiger partial charge in [-0.15, -0.1) is 0 Å². The quantitative estimate of drug-likeness (QED) is 0.455. The van der Waals surface area contributed by atoms with Crippen molar-refractivity contribution in [2.45, 2.75) is 18.5 Å². The van der Waals surface area contributed by atoms with Crippen LogP contribution in [-0.2, 0) is 20.8 Å². The standard InChI is InChI=1S/C21H18Si.2ClH.Zr/c1-3-8-18-16(6-1)10-12-20(18)22(14-5-15-22)21-13-11-17-7-2-4-9-19(17)21;;;/h1-4,6-13H,5,14-15H2;2*1H;/q;;;+4/p-2. The molecule has 0 nitrogen and oxygen atoms in total. The van der Waals surface area contributed by atoms with E-state index >= 15 is 0 Å². The fourth-order valence-corrected chi connectivity index (χ4v) is 9.07. The van der Waals surface area contributed by atoms with Gasteiger partial charge in [-0.05, 0) is 36.8 Å². The fourth-order valence-electron chi connectivity index (χ4n) is 4.35. The van der Waals surface area contributed by atoms with Crippen LogP contribution in [0.4, 0.5) is 0 Å². The first kappa shape index (κ1) is 19.0. The van der Waals surface area contributed by atoms with Crippen LogP contribution in [-0.4, -0.2) is 8.07 Å². The van der Waals surface area contributed by atoms with Gasteiger partial charge < -0.3 is 0 Å². The summed E-state index contributed by atoms with van der Waals surface area (Å²) in [5, 5.41) is 0. The average Bonchev–Trinajstić information content (AvgIpc) is 3.21. The van der Waals surface area contributed by atoms with E-state index in [0.29, 0.717) is 0 Å². The summed E-state index contributed by atoms with van der Waals surface area (Å²) >= 11 is -0.826. The van der Waals surface area contributed by atoms with Gasteiger partial charge >= 0.3 is 37.9 Å². The van der Waals surface area contributed by atoms with E-state index in [1.807, 2.05) is 0 Å². The SMILES string of the molecule is [CH]1[CH][C]([Si]2([C]3[CH][CH][C]4C=CC=C[C]43)CCC2)[C]2C=CC=C[C]12.[Cl][Zr+2][Cl]. The Labute approximate surface area is 172 Å². The van der Waals surface area contributed by atoms with Crippen LogP contribution in [0, 0.1) is 60.4 Å². The van der Waals surface area contributed by atoms with Crippen molar-refractivity contribution < 1.29 is 20.8 Å². The summed E-state index contributed by atoms with van der Waals surface area (Å²) in [6.45, 7) is 0. The molecule has 0 spiro atoms. The number of hydrogen-bond acceptors (Lipinski definition) is 0. The molecule has 10 radical (unpaired) electrons. The van der Waals surface area contributed by atoms with Crippen molar-refractivity contribution >= 4 is 25.1 Å². The Morgan fingerprint density at radius 2 is 1.12 bits per heavy atom. The molecule has 1 saturated heterocycles. The van der Waals surface area contributed by atoms with E-state index in [4.69, 9.17) is 17.0 Å². The minimum absolute atomic E-state index is 0.826. The predicted octanol–water partition coefficient (Wildman–Crippen LogP) is 5.84. The molecule has 25 heavy (non-hydrogen) atoms. The van der Waals surface area contributed by atoms with Crippen LogP contribution < -0.4 is 0 Å². The summed E-state index contributed by atoms with van der Waals surface area (Å²) < 4.78 is 0. The number of rotatable bonds is 2. The molecular weight excluding hydrogens is 442 g/mol. The van der Waals surface area contributed by atoms with Gasteiger partial charge in [0.25, 0.3) is 0 Å². The van der Waals surface area contributed by atoms with E-state index in [1.54, 1.807) is 11.1 Å². The molecule has 0 amide bonds. The van der Waals surface area contributed by atoms with E-state index in [2.05, 4.69) is 74.3 Å². The number of hydrogen-bond donors (Lipinski definition) is 0. The first-order chi connectivity index (χ1) is 12.3. The maximum atomic E-state index is 4.93. The van der Waals surface area contributed by atoms with Crippen LogP contribution in [0.25, 0.3) is 0 Å². The van der Waals surface area contributed by atoms with Crippen molar-refractivity contribution in [3.63, 3.8) is 0 Å². The first-order valence-electron chi connectivity index (χ1n) is 8.56. The monoisotopic (exact) mass is 458 g/mol. The third kappa shape index (κ3) is 3.43. The zero-order valence-corrected chi connectivity index (χ0v) is 18.8. The fraction of sp³-hybridized carbons (Fsp3) is 0.143. The van der Waals surface area contributed by atoms with Crippen LogP contribution >= 0.6 is 17.0 Å². The molecule has 0 unspecified atom stereocenters. The molecule has 0 aromatic carbocycles. The van der Waals surface area contributed by atoms with E-state index in [0.717, 1.165) is 0 Å². The Bertz CT molecular complexity index is 547. The Balaban J connectivity index is 0.000000490. The third-order valence-electron chi connectivity index (χ3n) is 5.60. The zero-order chi connectivity index (χ0) is 17.3. The Morgan fingerprint density at radius 1 is 0.680 bits per heavy atom.